The van der Waals surface area contributed by atoms with Gasteiger partial charge in [0.1, 0.15) is 12.6 Å². The molecule has 1 aliphatic heterocycles. The quantitative estimate of drug-likeness (QED) is 0.778. The van der Waals surface area contributed by atoms with Crippen molar-refractivity contribution in [2.45, 2.75) is 31.5 Å². The van der Waals surface area contributed by atoms with Crippen LogP contribution in [0.3, 0.4) is 0 Å². The molecule has 3 rings (SSSR count). The van der Waals surface area contributed by atoms with Crippen LogP contribution in [0.15, 0.2) is 4.52 Å². The number of ether oxygens (including phenoxy) is 2. The molecule has 2 fully saturated rings. The summed E-state index contributed by atoms with van der Waals surface area (Å²) in [5.74, 6) is 1.17. The number of morpholine rings is 1. The molecule has 8 nitrogen and oxygen atoms in total. The lowest BCUT2D eigenvalue weighted by Gasteiger charge is -2.43. The summed E-state index contributed by atoms with van der Waals surface area (Å²) in [5, 5.41) is 3.99. The molecule has 1 saturated heterocycles. The molecule has 1 unspecified atom stereocenters. The lowest BCUT2D eigenvalue weighted by atomic mass is 9.78. The van der Waals surface area contributed by atoms with Crippen molar-refractivity contribution in [2.75, 3.05) is 41.0 Å². The maximum atomic E-state index is 12.8. The van der Waals surface area contributed by atoms with Crippen molar-refractivity contribution in [3.05, 3.63) is 11.7 Å². The Bertz CT molecular complexity index is 541. The smallest absolute Gasteiger partial charge is 0.252 e. The predicted octanol–water partition coefficient (Wildman–Crippen LogP) is 0.456. The molecule has 1 aliphatic carbocycles. The zero-order valence-corrected chi connectivity index (χ0v) is 13.9. The molecule has 1 saturated carbocycles. The number of carbonyl (C=O) groups excluding carboxylic acids is 1. The molecular formula is C15H24N4O4. The van der Waals surface area contributed by atoms with Crippen molar-refractivity contribution in [3.63, 3.8) is 0 Å². The average molecular weight is 324 g/mol. The fourth-order valence-corrected chi connectivity index (χ4v) is 3.11. The van der Waals surface area contributed by atoms with Gasteiger partial charge in [-0.1, -0.05) is 5.16 Å². The van der Waals surface area contributed by atoms with E-state index < -0.39 is 0 Å². The van der Waals surface area contributed by atoms with Crippen molar-refractivity contribution in [1.29, 1.82) is 0 Å². The van der Waals surface area contributed by atoms with Gasteiger partial charge in [-0.15, -0.1) is 0 Å². The maximum Gasteiger partial charge on any atom is 0.252 e. The molecule has 0 aromatic carbocycles. The number of aromatic nitrogens is 2. The fraction of sp³-hybridized carbons (Fsp3) is 0.800. The van der Waals surface area contributed by atoms with E-state index in [0.29, 0.717) is 37.5 Å². The van der Waals surface area contributed by atoms with Gasteiger partial charge in [-0.25, -0.2) is 0 Å². The van der Waals surface area contributed by atoms with Gasteiger partial charge in [-0.05, 0) is 26.9 Å². The van der Waals surface area contributed by atoms with E-state index in [9.17, 15) is 4.79 Å². The number of amides is 1. The summed E-state index contributed by atoms with van der Waals surface area (Å²) in [4.78, 5) is 21.1. The van der Waals surface area contributed by atoms with Gasteiger partial charge in [0.2, 0.25) is 5.91 Å². The first-order valence-electron chi connectivity index (χ1n) is 7.96. The van der Waals surface area contributed by atoms with Crippen LogP contribution in [0.25, 0.3) is 0 Å². The van der Waals surface area contributed by atoms with Crippen LogP contribution in [0.5, 0.6) is 0 Å². The standard InChI is InChI=1S/C15H24N4O4/c1-18(2)11-6-10(7-11)15(20)19-4-5-22-8-12(19)14-16-13(9-21-3)23-17-14/h10-12H,4-9H2,1-3H3. The molecular weight excluding hydrogens is 300 g/mol. The van der Waals surface area contributed by atoms with Crippen LogP contribution >= 0.6 is 0 Å². The van der Waals surface area contributed by atoms with Crippen molar-refractivity contribution in [2.24, 2.45) is 5.92 Å². The van der Waals surface area contributed by atoms with E-state index in [1.807, 2.05) is 4.90 Å². The number of rotatable bonds is 5. The van der Waals surface area contributed by atoms with E-state index in [-0.39, 0.29) is 24.5 Å². The van der Waals surface area contributed by atoms with Crippen molar-refractivity contribution >= 4 is 5.91 Å². The molecule has 1 aromatic heterocycles. The topological polar surface area (TPSA) is 80.9 Å². The summed E-state index contributed by atoms with van der Waals surface area (Å²) < 4.78 is 15.7. The second-order valence-electron chi connectivity index (χ2n) is 6.39. The summed E-state index contributed by atoms with van der Waals surface area (Å²) >= 11 is 0. The van der Waals surface area contributed by atoms with E-state index in [1.54, 1.807) is 7.11 Å². The molecule has 0 spiro atoms. The Balaban J connectivity index is 1.67. The lowest BCUT2D eigenvalue weighted by molar-refractivity contribution is -0.149. The monoisotopic (exact) mass is 324 g/mol. The Labute approximate surface area is 135 Å². The summed E-state index contributed by atoms with van der Waals surface area (Å²) in [7, 11) is 5.68. The highest BCUT2D eigenvalue weighted by Crippen LogP contribution is 2.34. The van der Waals surface area contributed by atoms with E-state index >= 15 is 0 Å². The average Bonchev–Trinajstić information content (AvgIpc) is 2.94. The fourth-order valence-electron chi connectivity index (χ4n) is 3.11. The summed E-state index contributed by atoms with van der Waals surface area (Å²) in [5.41, 5.74) is 0. The molecule has 128 valence electrons. The van der Waals surface area contributed by atoms with E-state index in [0.717, 1.165) is 12.8 Å². The van der Waals surface area contributed by atoms with Gasteiger partial charge in [-0.3, -0.25) is 4.79 Å². The largest absolute Gasteiger partial charge is 0.377 e. The molecule has 0 N–H and O–H groups in total. The Kier molecular flexibility index (Phi) is 4.93. The molecule has 23 heavy (non-hydrogen) atoms. The Morgan fingerprint density at radius 3 is 2.91 bits per heavy atom. The molecule has 0 radical (unpaired) electrons. The molecule has 1 amide bonds. The summed E-state index contributed by atoms with van der Waals surface area (Å²) in [6, 6.07) is 0.228. The third kappa shape index (κ3) is 3.39. The molecule has 8 heteroatoms. The van der Waals surface area contributed by atoms with Crippen LogP contribution in [-0.4, -0.2) is 72.9 Å². The molecule has 0 bridgehead atoms. The van der Waals surface area contributed by atoms with Crippen LogP contribution in [0.1, 0.15) is 30.6 Å². The van der Waals surface area contributed by atoms with Gasteiger partial charge < -0.3 is 23.8 Å². The van der Waals surface area contributed by atoms with Crippen LogP contribution < -0.4 is 0 Å². The van der Waals surface area contributed by atoms with Gasteiger partial charge in [0.25, 0.3) is 5.89 Å². The first-order chi connectivity index (χ1) is 11.1. The zero-order valence-electron chi connectivity index (χ0n) is 13.9. The van der Waals surface area contributed by atoms with Gasteiger partial charge in [0, 0.05) is 25.6 Å². The van der Waals surface area contributed by atoms with Crippen molar-refractivity contribution < 1.29 is 18.8 Å². The highest BCUT2D eigenvalue weighted by Gasteiger charge is 2.41. The number of carbonyl (C=O) groups is 1. The Morgan fingerprint density at radius 1 is 1.43 bits per heavy atom. The second-order valence-corrected chi connectivity index (χ2v) is 6.39. The Morgan fingerprint density at radius 2 is 2.22 bits per heavy atom. The minimum absolute atomic E-state index is 0.0911. The van der Waals surface area contributed by atoms with E-state index in [1.165, 1.54) is 0 Å². The minimum Gasteiger partial charge on any atom is -0.377 e. The maximum absolute atomic E-state index is 12.8. The third-order valence-corrected chi connectivity index (χ3v) is 4.65. The summed E-state index contributed by atoms with van der Waals surface area (Å²) in [6.07, 6.45) is 1.83. The lowest BCUT2D eigenvalue weighted by Crippen LogP contribution is -2.52. The van der Waals surface area contributed by atoms with Crippen LogP contribution in [0.2, 0.25) is 0 Å². The SMILES string of the molecule is COCc1nc(C2COCCN2C(=O)C2CC(N(C)C)C2)no1. The van der Waals surface area contributed by atoms with Crippen LogP contribution in [0, 0.1) is 5.92 Å². The van der Waals surface area contributed by atoms with E-state index in [4.69, 9.17) is 14.0 Å². The zero-order chi connectivity index (χ0) is 16.4. The van der Waals surface area contributed by atoms with Crippen molar-refractivity contribution in [1.82, 2.24) is 19.9 Å². The Hall–Kier alpha value is -1.51. The first kappa shape index (κ1) is 16.4. The normalized spacial score (nSPS) is 28.0. The highest BCUT2D eigenvalue weighted by molar-refractivity contribution is 5.80. The highest BCUT2D eigenvalue weighted by atomic mass is 16.5. The number of hydrogen-bond donors (Lipinski definition) is 0. The molecule has 2 heterocycles. The molecule has 1 aromatic rings. The minimum atomic E-state index is -0.274. The number of methoxy groups -OCH3 is 1. The second kappa shape index (κ2) is 6.94. The molecule has 2 aliphatic rings. The van der Waals surface area contributed by atoms with Gasteiger partial charge >= 0.3 is 0 Å². The molecule has 1 atom stereocenters. The predicted molar refractivity (Wildman–Crippen MR) is 80.5 cm³/mol. The summed E-state index contributed by atoms with van der Waals surface area (Å²) in [6.45, 7) is 1.79. The van der Waals surface area contributed by atoms with Gasteiger partial charge in [0.05, 0.1) is 13.2 Å². The third-order valence-electron chi connectivity index (χ3n) is 4.65. The first-order valence-corrected chi connectivity index (χ1v) is 7.96. The van der Waals surface area contributed by atoms with Gasteiger partial charge in [-0.2, -0.15) is 4.98 Å². The van der Waals surface area contributed by atoms with Crippen LogP contribution in [-0.2, 0) is 20.9 Å². The number of nitrogens with zero attached hydrogens (tertiary/aromatic N) is 4. The van der Waals surface area contributed by atoms with E-state index in [2.05, 4.69) is 29.1 Å². The van der Waals surface area contributed by atoms with Crippen LogP contribution in [0.4, 0.5) is 0 Å². The van der Waals surface area contributed by atoms with Gasteiger partial charge in [0.15, 0.2) is 5.82 Å². The van der Waals surface area contributed by atoms with Crippen molar-refractivity contribution in [3.8, 4) is 0 Å². The number of hydrogen-bond acceptors (Lipinski definition) is 7.